The number of rotatable bonds is 5. The summed E-state index contributed by atoms with van der Waals surface area (Å²) in [7, 11) is 0. The monoisotopic (exact) mass is 362 g/mol. The van der Waals surface area contributed by atoms with Crippen LogP contribution in [0.25, 0.3) is 5.69 Å². The normalized spacial score (nSPS) is 14.8. The molecule has 0 bridgehead atoms. The lowest BCUT2D eigenvalue weighted by Crippen LogP contribution is -2.46. The predicted molar refractivity (Wildman–Crippen MR) is 103 cm³/mol. The molecule has 1 aromatic carbocycles. The molecule has 0 atom stereocenters. The van der Waals surface area contributed by atoms with Crippen LogP contribution < -0.4 is 5.32 Å². The highest BCUT2D eigenvalue weighted by atomic mass is 35.5. The number of hydrogen-bond donors (Lipinski definition) is 1. The van der Waals surface area contributed by atoms with Crippen molar-refractivity contribution < 1.29 is 4.79 Å². The molecule has 3 rings (SSSR count). The van der Waals surface area contributed by atoms with E-state index >= 15 is 0 Å². The molecule has 136 valence electrons. The zero-order valence-corrected chi connectivity index (χ0v) is 15.8. The van der Waals surface area contributed by atoms with E-state index in [1.54, 1.807) is 6.20 Å². The Kier molecular flexibility index (Phi) is 7.02. The number of aromatic nitrogens is 2. The van der Waals surface area contributed by atoms with Gasteiger partial charge in [-0.15, -0.1) is 12.4 Å². The maximum Gasteiger partial charge on any atom is 0.257 e. The van der Waals surface area contributed by atoms with Gasteiger partial charge in [0.1, 0.15) is 0 Å². The lowest BCUT2D eigenvalue weighted by molar-refractivity contribution is 0.0642. The molecule has 1 aliphatic heterocycles. The summed E-state index contributed by atoms with van der Waals surface area (Å²) in [5, 5.41) is 7.82. The molecule has 25 heavy (non-hydrogen) atoms. The number of carbonyl (C=O) groups is 1. The molecule has 5 nitrogen and oxygen atoms in total. The molecule has 1 aliphatic rings. The Balaban J connectivity index is 0.00000225. The summed E-state index contributed by atoms with van der Waals surface area (Å²) >= 11 is 0. The van der Waals surface area contributed by atoms with Crippen molar-refractivity contribution in [3.05, 3.63) is 47.8 Å². The Morgan fingerprint density at radius 2 is 1.96 bits per heavy atom. The number of halogens is 1. The summed E-state index contributed by atoms with van der Waals surface area (Å²) in [5.74, 6) is 0.114. The van der Waals surface area contributed by atoms with E-state index in [1.807, 2.05) is 41.9 Å². The maximum absolute atomic E-state index is 13.2. The van der Waals surface area contributed by atoms with Crippen LogP contribution in [-0.2, 0) is 0 Å². The molecule has 0 radical (unpaired) electrons. The van der Waals surface area contributed by atoms with Crippen LogP contribution in [0.1, 0.15) is 42.2 Å². The summed E-state index contributed by atoms with van der Waals surface area (Å²) in [6, 6.07) is 10.3. The minimum Gasteiger partial charge on any atom is -0.335 e. The smallest absolute Gasteiger partial charge is 0.257 e. The van der Waals surface area contributed by atoms with E-state index in [0.29, 0.717) is 11.6 Å². The van der Waals surface area contributed by atoms with Gasteiger partial charge in [0.15, 0.2) is 0 Å². The van der Waals surface area contributed by atoms with E-state index in [9.17, 15) is 4.79 Å². The first-order valence-corrected chi connectivity index (χ1v) is 8.84. The minimum atomic E-state index is 0. The zero-order chi connectivity index (χ0) is 16.9. The van der Waals surface area contributed by atoms with Crippen LogP contribution >= 0.6 is 12.4 Å². The zero-order valence-electron chi connectivity index (χ0n) is 14.9. The summed E-state index contributed by atoms with van der Waals surface area (Å²) in [5.41, 5.74) is 2.60. The lowest BCUT2D eigenvalue weighted by atomic mass is 10.0. The minimum absolute atomic E-state index is 0. The number of hydrogen-bond acceptors (Lipinski definition) is 3. The number of nitrogens with zero attached hydrogens (tertiary/aromatic N) is 3. The fraction of sp³-hybridized carbons (Fsp3) is 0.474. The molecule has 1 saturated heterocycles. The first kappa shape index (κ1) is 19.5. The molecule has 1 amide bonds. The second kappa shape index (κ2) is 9.02. The van der Waals surface area contributed by atoms with Gasteiger partial charge in [-0.3, -0.25) is 4.79 Å². The molecule has 0 saturated carbocycles. The third-order valence-corrected chi connectivity index (χ3v) is 4.72. The van der Waals surface area contributed by atoms with Crippen molar-refractivity contribution in [2.45, 2.75) is 39.2 Å². The summed E-state index contributed by atoms with van der Waals surface area (Å²) in [6.45, 7) is 6.88. The second-order valence-corrected chi connectivity index (χ2v) is 6.37. The standard InChI is InChI=1S/C19H26N4O.ClH/c1-3-13-22(16-9-11-20-12-10-16)19(24)18-14-21-23(15(18)2)17-7-5-4-6-8-17;/h4-8,14,16,20H,3,9-13H2,1-2H3;1H. The third-order valence-electron chi connectivity index (χ3n) is 4.72. The Labute approximate surface area is 155 Å². The molecule has 1 fully saturated rings. The molecule has 0 aliphatic carbocycles. The van der Waals surface area contributed by atoms with E-state index in [0.717, 1.165) is 50.3 Å². The van der Waals surface area contributed by atoms with E-state index in [1.165, 1.54) is 0 Å². The molecular weight excluding hydrogens is 336 g/mol. The highest BCUT2D eigenvalue weighted by molar-refractivity contribution is 5.95. The number of carbonyl (C=O) groups excluding carboxylic acids is 1. The van der Waals surface area contributed by atoms with E-state index in [2.05, 4.69) is 22.2 Å². The van der Waals surface area contributed by atoms with Gasteiger partial charge in [0.05, 0.1) is 23.1 Å². The molecule has 2 heterocycles. The molecule has 0 spiro atoms. The van der Waals surface area contributed by atoms with E-state index in [4.69, 9.17) is 0 Å². The van der Waals surface area contributed by atoms with Crippen molar-refractivity contribution >= 4 is 18.3 Å². The van der Waals surface area contributed by atoms with Crippen LogP contribution in [0.15, 0.2) is 36.5 Å². The van der Waals surface area contributed by atoms with E-state index in [-0.39, 0.29) is 18.3 Å². The largest absolute Gasteiger partial charge is 0.335 e. The number of para-hydroxylation sites is 1. The number of amides is 1. The van der Waals surface area contributed by atoms with Crippen molar-refractivity contribution in [1.29, 1.82) is 0 Å². The van der Waals surface area contributed by atoms with Gasteiger partial charge < -0.3 is 10.2 Å². The number of piperidine rings is 1. The average molecular weight is 363 g/mol. The summed E-state index contributed by atoms with van der Waals surface area (Å²) in [6.07, 6.45) is 4.74. The summed E-state index contributed by atoms with van der Waals surface area (Å²) in [4.78, 5) is 15.2. The first-order chi connectivity index (χ1) is 11.7. The van der Waals surface area contributed by atoms with Crippen molar-refractivity contribution in [3.8, 4) is 5.69 Å². The predicted octanol–water partition coefficient (Wildman–Crippen LogP) is 3.21. The highest BCUT2D eigenvalue weighted by Crippen LogP contribution is 2.20. The molecule has 0 unspecified atom stereocenters. The van der Waals surface area contributed by atoms with Gasteiger partial charge in [0.2, 0.25) is 0 Å². The van der Waals surface area contributed by atoms with Crippen molar-refractivity contribution in [3.63, 3.8) is 0 Å². The maximum atomic E-state index is 13.2. The van der Waals surface area contributed by atoms with Gasteiger partial charge in [-0.1, -0.05) is 25.1 Å². The topological polar surface area (TPSA) is 50.2 Å². The van der Waals surface area contributed by atoms with Gasteiger partial charge in [0.25, 0.3) is 5.91 Å². The molecule has 1 aromatic heterocycles. The Morgan fingerprint density at radius 1 is 1.28 bits per heavy atom. The number of nitrogens with one attached hydrogen (secondary N) is 1. The molecule has 6 heteroatoms. The van der Waals surface area contributed by atoms with Crippen LogP contribution in [0, 0.1) is 6.92 Å². The van der Waals surface area contributed by atoms with Gasteiger partial charge in [0, 0.05) is 12.6 Å². The molecule has 2 aromatic rings. The summed E-state index contributed by atoms with van der Waals surface area (Å²) < 4.78 is 1.85. The van der Waals surface area contributed by atoms with Crippen molar-refractivity contribution in [2.24, 2.45) is 0 Å². The lowest BCUT2D eigenvalue weighted by Gasteiger charge is -2.34. The first-order valence-electron chi connectivity index (χ1n) is 8.84. The highest BCUT2D eigenvalue weighted by Gasteiger charge is 2.27. The van der Waals surface area contributed by atoms with E-state index < -0.39 is 0 Å². The van der Waals surface area contributed by atoms with Crippen LogP contribution in [0.5, 0.6) is 0 Å². The van der Waals surface area contributed by atoms with Crippen LogP contribution in [0.2, 0.25) is 0 Å². The number of benzene rings is 1. The van der Waals surface area contributed by atoms with Crippen molar-refractivity contribution in [1.82, 2.24) is 20.0 Å². The van der Waals surface area contributed by atoms with Crippen LogP contribution in [-0.4, -0.2) is 46.3 Å². The Morgan fingerprint density at radius 3 is 2.60 bits per heavy atom. The van der Waals surface area contributed by atoms with Crippen LogP contribution in [0.4, 0.5) is 0 Å². The fourth-order valence-electron chi connectivity index (χ4n) is 3.41. The fourth-order valence-corrected chi connectivity index (χ4v) is 3.41. The average Bonchev–Trinajstić information content (AvgIpc) is 3.02. The molecular formula is C19H27ClN4O. The Bertz CT molecular complexity index is 680. The van der Waals surface area contributed by atoms with Gasteiger partial charge >= 0.3 is 0 Å². The van der Waals surface area contributed by atoms with Crippen molar-refractivity contribution in [2.75, 3.05) is 19.6 Å². The quantitative estimate of drug-likeness (QED) is 0.888. The second-order valence-electron chi connectivity index (χ2n) is 6.37. The third kappa shape index (κ3) is 4.22. The molecule has 1 N–H and O–H groups in total. The Hall–Kier alpha value is -1.85. The van der Waals surface area contributed by atoms with Crippen LogP contribution in [0.3, 0.4) is 0 Å². The van der Waals surface area contributed by atoms with Gasteiger partial charge in [-0.2, -0.15) is 5.10 Å². The SMILES string of the molecule is CCCN(C(=O)c1cnn(-c2ccccc2)c1C)C1CCNCC1.Cl. The van der Waals surface area contributed by atoms with Gasteiger partial charge in [-0.05, 0) is 51.4 Å². The van der Waals surface area contributed by atoms with Gasteiger partial charge in [-0.25, -0.2) is 4.68 Å².